The summed E-state index contributed by atoms with van der Waals surface area (Å²) in [6, 6.07) is 13.6. The molecule has 136 valence electrons. The lowest BCUT2D eigenvalue weighted by Gasteiger charge is -2.11. The van der Waals surface area contributed by atoms with E-state index in [0.29, 0.717) is 11.3 Å². The zero-order chi connectivity index (χ0) is 19.4. The van der Waals surface area contributed by atoms with E-state index in [2.05, 4.69) is 15.6 Å². The Bertz CT molecular complexity index is 1010. The van der Waals surface area contributed by atoms with Crippen molar-refractivity contribution in [2.24, 2.45) is 0 Å². The van der Waals surface area contributed by atoms with Crippen LogP contribution in [0.3, 0.4) is 0 Å². The Morgan fingerprint density at radius 3 is 2.48 bits per heavy atom. The highest BCUT2D eigenvalue weighted by Gasteiger charge is 2.14. The SMILES string of the molecule is Cc1ccc(C(=O)Nc2ccc(Cl)c(NC(=O)c3ccccc3F)c2)cn1. The lowest BCUT2D eigenvalue weighted by atomic mass is 10.2. The van der Waals surface area contributed by atoms with Crippen molar-refractivity contribution >= 4 is 34.8 Å². The molecule has 0 saturated heterocycles. The molecule has 0 radical (unpaired) electrons. The standard InChI is InChI=1S/C20H15ClFN3O2/c1-12-6-7-13(11-23-12)19(26)24-14-8-9-16(21)18(10-14)25-20(27)15-4-2-3-5-17(15)22/h2-11H,1H3,(H,24,26)(H,25,27). The number of benzene rings is 2. The first-order valence-electron chi connectivity index (χ1n) is 8.03. The molecule has 0 aliphatic heterocycles. The van der Waals surface area contributed by atoms with Crippen LogP contribution in [0.4, 0.5) is 15.8 Å². The third-order valence-corrected chi connectivity index (χ3v) is 4.09. The number of anilines is 2. The highest BCUT2D eigenvalue weighted by atomic mass is 35.5. The van der Waals surface area contributed by atoms with Crippen LogP contribution in [0.2, 0.25) is 5.02 Å². The van der Waals surface area contributed by atoms with Crippen LogP contribution < -0.4 is 10.6 Å². The van der Waals surface area contributed by atoms with Crippen LogP contribution in [0, 0.1) is 12.7 Å². The third-order valence-electron chi connectivity index (χ3n) is 3.76. The number of rotatable bonds is 4. The summed E-state index contributed by atoms with van der Waals surface area (Å²) >= 11 is 6.11. The minimum absolute atomic E-state index is 0.103. The molecular weight excluding hydrogens is 369 g/mol. The molecule has 0 aliphatic carbocycles. The molecule has 2 amide bonds. The van der Waals surface area contributed by atoms with Crippen LogP contribution >= 0.6 is 11.6 Å². The van der Waals surface area contributed by atoms with E-state index in [4.69, 9.17) is 11.6 Å². The predicted octanol–water partition coefficient (Wildman–Crippen LogP) is 4.69. The maximum absolute atomic E-state index is 13.8. The van der Waals surface area contributed by atoms with Crippen molar-refractivity contribution in [3.05, 3.63) is 88.5 Å². The monoisotopic (exact) mass is 383 g/mol. The predicted molar refractivity (Wildman–Crippen MR) is 103 cm³/mol. The molecule has 0 saturated carbocycles. The number of aryl methyl sites for hydroxylation is 1. The van der Waals surface area contributed by atoms with E-state index in [-0.39, 0.29) is 22.2 Å². The van der Waals surface area contributed by atoms with Crippen LogP contribution in [0.5, 0.6) is 0 Å². The zero-order valence-electron chi connectivity index (χ0n) is 14.3. The highest BCUT2D eigenvalue weighted by Crippen LogP contribution is 2.26. The number of aromatic nitrogens is 1. The second-order valence-electron chi connectivity index (χ2n) is 5.77. The Kier molecular flexibility index (Phi) is 5.47. The molecule has 0 unspecified atom stereocenters. The molecule has 27 heavy (non-hydrogen) atoms. The Morgan fingerprint density at radius 1 is 1.00 bits per heavy atom. The van der Waals surface area contributed by atoms with Gasteiger partial charge in [0, 0.05) is 17.6 Å². The van der Waals surface area contributed by atoms with Crippen molar-refractivity contribution in [3.63, 3.8) is 0 Å². The minimum Gasteiger partial charge on any atom is -0.322 e. The number of nitrogens with zero attached hydrogens (tertiary/aromatic N) is 1. The van der Waals surface area contributed by atoms with E-state index in [1.54, 1.807) is 24.3 Å². The van der Waals surface area contributed by atoms with Crippen LogP contribution in [0.15, 0.2) is 60.8 Å². The van der Waals surface area contributed by atoms with Gasteiger partial charge in [-0.1, -0.05) is 23.7 Å². The molecule has 7 heteroatoms. The van der Waals surface area contributed by atoms with Gasteiger partial charge in [0.05, 0.1) is 21.8 Å². The van der Waals surface area contributed by atoms with Crippen LogP contribution in [-0.4, -0.2) is 16.8 Å². The van der Waals surface area contributed by atoms with Gasteiger partial charge in [-0.25, -0.2) is 4.39 Å². The zero-order valence-corrected chi connectivity index (χ0v) is 15.0. The third kappa shape index (κ3) is 4.48. The van der Waals surface area contributed by atoms with Crippen molar-refractivity contribution < 1.29 is 14.0 Å². The van der Waals surface area contributed by atoms with Gasteiger partial charge in [-0.2, -0.15) is 0 Å². The fourth-order valence-electron chi connectivity index (χ4n) is 2.34. The van der Waals surface area contributed by atoms with Crippen molar-refractivity contribution in [2.45, 2.75) is 6.92 Å². The molecule has 0 fully saturated rings. The van der Waals surface area contributed by atoms with Crippen molar-refractivity contribution in [1.82, 2.24) is 4.98 Å². The summed E-state index contributed by atoms with van der Waals surface area (Å²) < 4.78 is 13.8. The van der Waals surface area contributed by atoms with Crippen LogP contribution in [0.1, 0.15) is 26.4 Å². The lowest BCUT2D eigenvalue weighted by molar-refractivity contribution is 0.101. The first-order valence-corrected chi connectivity index (χ1v) is 8.41. The number of nitrogens with one attached hydrogen (secondary N) is 2. The van der Waals surface area contributed by atoms with Crippen LogP contribution in [-0.2, 0) is 0 Å². The first kappa shape index (κ1) is 18.5. The van der Waals surface area contributed by atoms with Gasteiger partial charge in [0.15, 0.2) is 0 Å². The van der Waals surface area contributed by atoms with E-state index < -0.39 is 11.7 Å². The number of carbonyl (C=O) groups is 2. The molecule has 3 rings (SSSR count). The fourth-order valence-corrected chi connectivity index (χ4v) is 2.50. The van der Waals surface area contributed by atoms with Gasteiger partial charge in [0.1, 0.15) is 5.82 Å². The Labute approximate surface area is 160 Å². The summed E-state index contributed by atoms with van der Waals surface area (Å²) in [5.41, 5.74) is 1.77. The van der Waals surface area contributed by atoms with Gasteiger partial charge in [0.2, 0.25) is 0 Å². The molecule has 0 bridgehead atoms. The van der Waals surface area contributed by atoms with E-state index in [0.717, 1.165) is 5.69 Å². The molecule has 2 N–H and O–H groups in total. The molecule has 0 spiro atoms. The molecule has 0 aliphatic rings. The van der Waals surface area contributed by atoms with E-state index in [1.165, 1.54) is 36.5 Å². The summed E-state index contributed by atoms with van der Waals surface area (Å²) in [6.45, 7) is 1.82. The van der Waals surface area contributed by atoms with Gasteiger partial charge in [-0.3, -0.25) is 14.6 Å². The fraction of sp³-hybridized carbons (Fsp3) is 0.0500. The van der Waals surface area contributed by atoms with Gasteiger partial charge in [-0.05, 0) is 49.4 Å². The molecule has 2 aromatic carbocycles. The summed E-state index contributed by atoms with van der Waals surface area (Å²) in [6.07, 6.45) is 1.47. The first-order chi connectivity index (χ1) is 12.9. The second-order valence-corrected chi connectivity index (χ2v) is 6.18. The highest BCUT2D eigenvalue weighted by molar-refractivity contribution is 6.34. The van der Waals surface area contributed by atoms with Gasteiger partial charge in [-0.15, -0.1) is 0 Å². The molecule has 3 aromatic rings. The molecular formula is C20H15ClFN3O2. The van der Waals surface area contributed by atoms with Gasteiger partial charge >= 0.3 is 0 Å². The van der Waals surface area contributed by atoms with E-state index >= 15 is 0 Å². The molecule has 0 atom stereocenters. The minimum atomic E-state index is -0.638. The molecule has 1 aromatic heterocycles. The van der Waals surface area contributed by atoms with E-state index in [9.17, 15) is 14.0 Å². The van der Waals surface area contributed by atoms with Gasteiger partial charge < -0.3 is 10.6 Å². The average molecular weight is 384 g/mol. The number of pyridine rings is 1. The summed E-state index contributed by atoms with van der Waals surface area (Å²) in [5, 5.41) is 5.52. The lowest BCUT2D eigenvalue weighted by Crippen LogP contribution is -2.15. The smallest absolute Gasteiger partial charge is 0.258 e. The van der Waals surface area contributed by atoms with Crippen molar-refractivity contribution in [3.8, 4) is 0 Å². The molecule has 5 nitrogen and oxygen atoms in total. The number of amides is 2. The second kappa shape index (κ2) is 7.97. The topological polar surface area (TPSA) is 71.1 Å². The van der Waals surface area contributed by atoms with Crippen molar-refractivity contribution in [2.75, 3.05) is 10.6 Å². The Balaban J connectivity index is 1.78. The van der Waals surface area contributed by atoms with E-state index in [1.807, 2.05) is 6.92 Å². The summed E-state index contributed by atoms with van der Waals surface area (Å²) in [7, 11) is 0. The largest absolute Gasteiger partial charge is 0.322 e. The quantitative estimate of drug-likeness (QED) is 0.686. The maximum atomic E-state index is 13.8. The van der Waals surface area contributed by atoms with Crippen LogP contribution in [0.25, 0.3) is 0 Å². The number of hydrogen-bond acceptors (Lipinski definition) is 3. The van der Waals surface area contributed by atoms with Crippen molar-refractivity contribution in [1.29, 1.82) is 0 Å². The Morgan fingerprint density at radius 2 is 1.78 bits per heavy atom. The number of carbonyl (C=O) groups excluding carboxylic acids is 2. The van der Waals surface area contributed by atoms with Gasteiger partial charge in [0.25, 0.3) is 11.8 Å². The molecule has 1 heterocycles. The average Bonchev–Trinajstić information content (AvgIpc) is 2.65. The Hall–Kier alpha value is -3.25. The normalized spacial score (nSPS) is 10.3. The number of halogens is 2. The summed E-state index contributed by atoms with van der Waals surface area (Å²) in [4.78, 5) is 28.6. The number of hydrogen-bond donors (Lipinski definition) is 2. The summed E-state index contributed by atoms with van der Waals surface area (Å²) in [5.74, 6) is -1.63. The maximum Gasteiger partial charge on any atom is 0.258 e.